The fourth-order valence-corrected chi connectivity index (χ4v) is 1.94. The highest BCUT2D eigenvalue weighted by Crippen LogP contribution is 2.14. The maximum atomic E-state index is 5.45. The van der Waals surface area contributed by atoms with Crippen LogP contribution in [-0.2, 0) is 9.78 Å². The van der Waals surface area contributed by atoms with Crippen LogP contribution in [0.2, 0.25) is 0 Å². The molecule has 104 valence electrons. The van der Waals surface area contributed by atoms with Gasteiger partial charge in [0.25, 0.3) is 0 Å². The zero-order valence-electron chi connectivity index (χ0n) is 12.2. The van der Waals surface area contributed by atoms with E-state index >= 15 is 0 Å². The van der Waals surface area contributed by atoms with E-state index in [1.54, 1.807) is 0 Å². The molecule has 0 aliphatic carbocycles. The van der Waals surface area contributed by atoms with Crippen LogP contribution >= 0.6 is 0 Å². The lowest BCUT2D eigenvalue weighted by Gasteiger charge is -2.15. The largest absolute Gasteiger partial charge is 0.236 e. The molecular formula is C15H32O2. The summed E-state index contributed by atoms with van der Waals surface area (Å²) in [7, 11) is 0. The molecule has 0 saturated carbocycles. The first kappa shape index (κ1) is 16.9. The van der Waals surface area contributed by atoms with Gasteiger partial charge in [0, 0.05) is 0 Å². The molecule has 1 atom stereocenters. The molecule has 0 N–H and O–H groups in total. The number of rotatable bonds is 13. The van der Waals surface area contributed by atoms with Crippen molar-refractivity contribution in [3.8, 4) is 0 Å². The third kappa shape index (κ3) is 12.2. The van der Waals surface area contributed by atoms with Gasteiger partial charge in [0.1, 0.15) is 0 Å². The predicted molar refractivity (Wildman–Crippen MR) is 74.0 cm³/mol. The van der Waals surface area contributed by atoms with Gasteiger partial charge < -0.3 is 0 Å². The number of hydrogen-bond acceptors (Lipinski definition) is 2. The highest BCUT2D eigenvalue weighted by molar-refractivity contribution is 4.56. The average molecular weight is 244 g/mol. The molecule has 0 fully saturated rings. The minimum Gasteiger partial charge on any atom is -0.236 e. The van der Waals surface area contributed by atoms with Crippen LogP contribution in [0.5, 0.6) is 0 Å². The zero-order chi connectivity index (χ0) is 12.8. The maximum absolute atomic E-state index is 5.45. The first-order chi connectivity index (χ1) is 8.35. The molecule has 0 radical (unpaired) electrons. The lowest BCUT2D eigenvalue weighted by atomic mass is 10.0. The van der Waals surface area contributed by atoms with Crippen LogP contribution in [0.3, 0.4) is 0 Å². The van der Waals surface area contributed by atoms with E-state index in [4.69, 9.17) is 9.78 Å². The molecule has 0 bridgehead atoms. The Hall–Kier alpha value is -0.0800. The highest BCUT2D eigenvalue weighted by Gasteiger charge is 2.08. The van der Waals surface area contributed by atoms with Crippen molar-refractivity contribution in [1.82, 2.24) is 0 Å². The molecule has 0 saturated heterocycles. The number of unbranched alkanes of at least 4 members (excludes halogenated alkanes) is 5. The van der Waals surface area contributed by atoms with Crippen molar-refractivity contribution in [2.75, 3.05) is 6.61 Å². The first-order valence-corrected chi connectivity index (χ1v) is 7.63. The van der Waals surface area contributed by atoms with E-state index in [0.717, 1.165) is 25.9 Å². The van der Waals surface area contributed by atoms with Crippen LogP contribution in [-0.4, -0.2) is 12.7 Å². The zero-order valence-corrected chi connectivity index (χ0v) is 12.2. The fourth-order valence-electron chi connectivity index (χ4n) is 1.94. The summed E-state index contributed by atoms with van der Waals surface area (Å²) in [5, 5.41) is 0. The highest BCUT2D eigenvalue weighted by atomic mass is 17.2. The topological polar surface area (TPSA) is 18.5 Å². The van der Waals surface area contributed by atoms with E-state index in [2.05, 4.69) is 20.8 Å². The summed E-state index contributed by atoms with van der Waals surface area (Å²) in [4.78, 5) is 10.6. The second-order valence-corrected chi connectivity index (χ2v) is 4.89. The van der Waals surface area contributed by atoms with Crippen molar-refractivity contribution < 1.29 is 9.78 Å². The monoisotopic (exact) mass is 244 g/mol. The normalized spacial score (nSPS) is 12.9. The minimum atomic E-state index is 0.317. The molecule has 2 heteroatoms. The lowest BCUT2D eigenvalue weighted by molar-refractivity contribution is -0.326. The molecule has 0 aliphatic heterocycles. The molecule has 0 aromatic carbocycles. The minimum absolute atomic E-state index is 0.317. The fraction of sp³-hybridized carbons (Fsp3) is 1.00. The van der Waals surface area contributed by atoms with Gasteiger partial charge in [0.15, 0.2) is 0 Å². The summed E-state index contributed by atoms with van der Waals surface area (Å²) in [5.74, 6) is 0. The molecule has 1 unspecified atom stereocenters. The average Bonchev–Trinajstić information content (AvgIpc) is 2.34. The number of hydrogen-bond donors (Lipinski definition) is 0. The van der Waals surface area contributed by atoms with Gasteiger partial charge in [-0.1, -0.05) is 65.7 Å². The Balaban J connectivity index is 3.41. The Labute approximate surface area is 108 Å². The second-order valence-electron chi connectivity index (χ2n) is 4.89. The maximum Gasteiger partial charge on any atom is 0.0929 e. The Morgan fingerprint density at radius 3 is 2.06 bits per heavy atom. The van der Waals surface area contributed by atoms with E-state index < -0.39 is 0 Å². The Kier molecular flexibility index (Phi) is 13.9. The van der Waals surface area contributed by atoms with Gasteiger partial charge in [-0.2, -0.15) is 0 Å². The smallest absolute Gasteiger partial charge is 0.0929 e. The summed E-state index contributed by atoms with van der Waals surface area (Å²) in [6, 6.07) is 0. The van der Waals surface area contributed by atoms with Crippen LogP contribution in [0.4, 0.5) is 0 Å². The standard InChI is InChI=1S/C15H32O2/c1-4-7-8-9-10-11-13-15(12-5-2)17-16-14-6-3/h15H,4-14H2,1-3H3. The third-order valence-corrected chi connectivity index (χ3v) is 2.98. The molecule has 0 heterocycles. The second kappa shape index (κ2) is 14.0. The quantitative estimate of drug-likeness (QED) is 0.250. The van der Waals surface area contributed by atoms with Crippen molar-refractivity contribution >= 4 is 0 Å². The summed E-state index contributed by atoms with van der Waals surface area (Å²) < 4.78 is 0. The van der Waals surface area contributed by atoms with Crippen LogP contribution < -0.4 is 0 Å². The van der Waals surface area contributed by atoms with Crippen molar-refractivity contribution in [2.24, 2.45) is 0 Å². The van der Waals surface area contributed by atoms with E-state index in [-0.39, 0.29) is 0 Å². The summed E-state index contributed by atoms with van der Waals surface area (Å²) in [6.45, 7) is 7.29. The lowest BCUT2D eigenvalue weighted by Crippen LogP contribution is -2.13. The molecule has 0 rings (SSSR count). The van der Waals surface area contributed by atoms with Crippen LogP contribution in [0, 0.1) is 0 Å². The molecule has 0 spiro atoms. The molecule has 2 nitrogen and oxygen atoms in total. The van der Waals surface area contributed by atoms with Gasteiger partial charge in [-0.05, 0) is 19.3 Å². The van der Waals surface area contributed by atoms with Gasteiger partial charge in [-0.25, -0.2) is 9.78 Å². The van der Waals surface area contributed by atoms with Gasteiger partial charge in [0.05, 0.1) is 12.7 Å². The van der Waals surface area contributed by atoms with Crippen molar-refractivity contribution in [1.29, 1.82) is 0 Å². The Morgan fingerprint density at radius 2 is 1.41 bits per heavy atom. The SMILES string of the molecule is CCCCCCCCC(CCC)OOCCC. The van der Waals surface area contributed by atoms with Crippen molar-refractivity contribution in [2.45, 2.75) is 91.1 Å². The third-order valence-electron chi connectivity index (χ3n) is 2.98. The van der Waals surface area contributed by atoms with Gasteiger partial charge in [0.2, 0.25) is 0 Å². The molecule has 0 aliphatic rings. The molecule has 0 aromatic heterocycles. The van der Waals surface area contributed by atoms with Gasteiger partial charge in [-0.15, -0.1) is 0 Å². The van der Waals surface area contributed by atoms with E-state index in [1.165, 1.54) is 44.9 Å². The molecule has 0 aromatic rings. The van der Waals surface area contributed by atoms with Gasteiger partial charge >= 0.3 is 0 Å². The molecule has 17 heavy (non-hydrogen) atoms. The van der Waals surface area contributed by atoms with E-state index in [0.29, 0.717) is 6.10 Å². The Morgan fingerprint density at radius 1 is 0.706 bits per heavy atom. The Bertz CT molecular complexity index is 137. The van der Waals surface area contributed by atoms with E-state index in [9.17, 15) is 0 Å². The summed E-state index contributed by atoms with van der Waals surface area (Å²) >= 11 is 0. The molecule has 0 amide bonds. The van der Waals surface area contributed by atoms with Crippen molar-refractivity contribution in [3.05, 3.63) is 0 Å². The van der Waals surface area contributed by atoms with Crippen LogP contribution in [0.25, 0.3) is 0 Å². The van der Waals surface area contributed by atoms with Crippen LogP contribution in [0.1, 0.15) is 85.0 Å². The summed E-state index contributed by atoms with van der Waals surface area (Å²) in [6.07, 6.45) is 12.9. The van der Waals surface area contributed by atoms with Crippen LogP contribution in [0.15, 0.2) is 0 Å². The molecular weight excluding hydrogens is 212 g/mol. The first-order valence-electron chi connectivity index (χ1n) is 7.63. The summed E-state index contributed by atoms with van der Waals surface area (Å²) in [5.41, 5.74) is 0. The van der Waals surface area contributed by atoms with Crippen molar-refractivity contribution in [3.63, 3.8) is 0 Å². The predicted octanol–water partition coefficient (Wildman–Crippen LogP) is 5.26. The van der Waals surface area contributed by atoms with E-state index in [1.807, 2.05) is 0 Å². The van der Waals surface area contributed by atoms with Gasteiger partial charge in [-0.3, -0.25) is 0 Å².